The van der Waals surface area contributed by atoms with E-state index in [1.807, 2.05) is 0 Å². The molecule has 1 aromatic carbocycles. The summed E-state index contributed by atoms with van der Waals surface area (Å²) in [6, 6.07) is 6.88. The zero-order valence-corrected chi connectivity index (χ0v) is 25.6. The number of carbonyl (C=O) groups excluding carboxylic acids is 1. The van der Waals surface area contributed by atoms with E-state index in [0.717, 1.165) is 15.8 Å². The van der Waals surface area contributed by atoms with E-state index < -0.39 is 60.0 Å². The van der Waals surface area contributed by atoms with Gasteiger partial charge in [0.2, 0.25) is 5.95 Å². The van der Waals surface area contributed by atoms with Crippen molar-refractivity contribution in [3.8, 4) is 0 Å². The summed E-state index contributed by atoms with van der Waals surface area (Å²) < 4.78 is 49.6. The van der Waals surface area contributed by atoms with E-state index in [4.69, 9.17) is 14.5 Å². The summed E-state index contributed by atoms with van der Waals surface area (Å²) in [5.41, 5.74) is 0.0985. The first kappa shape index (κ1) is 34.8. The van der Waals surface area contributed by atoms with E-state index in [9.17, 15) is 43.3 Å². The summed E-state index contributed by atoms with van der Waals surface area (Å²) in [5.74, 6) is -0.378. The van der Waals surface area contributed by atoms with Gasteiger partial charge in [-0.25, -0.2) is 18.7 Å². The van der Waals surface area contributed by atoms with E-state index in [2.05, 4.69) is 39.7 Å². The fourth-order valence-corrected chi connectivity index (χ4v) is 7.59. The van der Waals surface area contributed by atoms with E-state index in [1.165, 1.54) is 0 Å². The highest BCUT2D eigenvalue weighted by Gasteiger charge is 2.46. The molecule has 0 bridgehead atoms. The second-order valence-corrected chi connectivity index (χ2v) is 14.1. The highest BCUT2D eigenvalue weighted by atomic mass is 31.3. The number of aliphatic hydroxyl groups is 2. The Morgan fingerprint density at radius 1 is 1.11 bits per heavy atom. The minimum absolute atomic E-state index is 0.0391. The monoisotopic (exact) mass is 698 g/mol. The predicted octanol–water partition coefficient (Wildman–Crippen LogP) is -1.46. The number of carbonyl (C=O) groups is 1. The molecule has 6 atom stereocenters. The Hall–Kier alpha value is -3.07. The van der Waals surface area contributed by atoms with Crippen LogP contribution in [0.5, 0.6) is 0 Å². The molecule has 1 aliphatic rings. The molecule has 2 aromatic heterocycles. The Kier molecular flexibility index (Phi) is 10.6. The largest absolute Gasteiger partial charge is 0.480 e. The molecule has 2 unspecified atom stereocenters. The van der Waals surface area contributed by atoms with Crippen LogP contribution in [0, 0.1) is 0 Å². The fourth-order valence-electron chi connectivity index (χ4n) is 4.16. The van der Waals surface area contributed by atoms with E-state index in [-0.39, 0.29) is 36.1 Å². The molecule has 4 rings (SSSR count). The first-order valence-electron chi connectivity index (χ1n) is 12.6. The number of imidazole rings is 1. The van der Waals surface area contributed by atoms with Gasteiger partial charge < -0.3 is 50.5 Å². The van der Waals surface area contributed by atoms with Crippen molar-refractivity contribution in [3.63, 3.8) is 0 Å². The molecule has 1 amide bonds. The normalized spacial score (nSPS) is 22.9. The molecular formula is C20H29N8O14P3. The maximum absolute atomic E-state index is 12.6. The van der Waals surface area contributed by atoms with Gasteiger partial charge in [0.05, 0.1) is 18.5 Å². The molecule has 11 N–H and O–H groups in total. The Labute approximate surface area is 252 Å². The zero-order chi connectivity index (χ0) is 33.2. The third-order valence-corrected chi connectivity index (χ3v) is 10.3. The van der Waals surface area contributed by atoms with E-state index in [1.54, 1.807) is 31.3 Å². The lowest BCUT2D eigenvalue weighted by Gasteiger charge is -2.19. The van der Waals surface area contributed by atoms with Gasteiger partial charge in [0, 0.05) is 25.8 Å². The molecule has 0 saturated carbocycles. The number of benzene rings is 1. The maximum Gasteiger partial charge on any atom is 0.480 e. The van der Waals surface area contributed by atoms with Crippen LogP contribution in [0.4, 0.5) is 11.6 Å². The van der Waals surface area contributed by atoms with Crippen molar-refractivity contribution in [1.29, 1.82) is 0 Å². The molecule has 25 heteroatoms. The number of fused-ring (bicyclic) bond motifs is 1. The minimum atomic E-state index is -5.53. The van der Waals surface area contributed by atoms with Crippen LogP contribution in [0.2, 0.25) is 0 Å². The van der Waals surface area contributed by atoms with Gasteiger partial charge in [0.25, 0.3) is 11.5 Å². The SMILES string of the molecule is CNc1ccccc1C(=O)NCCNc1nc2c(ncn2[C@@H]2O[C@H](COP(=O)(O)OP(=O)(O)NP(=O)(O)O)[C@@H](O)[C@H]2O)c(=O)[nH]1. The van der Waals surface area contributed by atoms with Crippen LogP contribution >= 0.6 is 23.3 Å². The summed E-state index contributed by atoms with van der Waals surface area (Å²) in [7, 11) is -14.7. The average molecular weight is 698 g/mol. The van der Waals surface area contributed by atoms with Crippen molar-refractivity contribution in [2.45, 2.75) is 24.5 Å². The van der Waals surface area contributed by atoms with Gasteiger partial charge in [-0.05, 0) is 12.1 Å². The number of ether oxygens (including phenoxy) is 1. The summed E-state index contributed by atoms with van der Waals surface area (Å²) in [4.78, 5) is 73.1. The summed E-state index contributed by atoms with van der Waals surface area (Å²) >= 11 is 0. The lowest BCUT2D eigenvalue weighted by Crippen LogP contribution is -2.33. The highest BCUT2D eigenvalue weighted by molar-refractivity contribution is 7.70. The number of aromatic nitrogens is 4. The Morgan fingerprint density at radius 2 is 1.82 bits per heavy atom. The lowest BCUT2D eigenvalue weighted by atomic mass is 10.1. The molecular weight excluding hydrogens is 669 g/mol. The Morgan fingerprint density at radius 3 is 2.51 bits per heavy atom. The lowest BCUT2D eigenvalue weighted by molar-refractivity contribution is -0.0501. The standard InChI is InChI=1S/C20H29N8O14P3/c1-21-11-5-3-2-4-10(11)17(31)22-6-7-23-20-25-16-13(18(32)26-20)24-9-28(16)19-15(30)14(29)12(41-19)8-40-45(38,39)42-44(36,37)27-43(33,34)35/h2-5,9,12,14-15,19,21,29-30H,6-8H2,1H3,(H,22,31)(H,38,39)(H2,23,25,26,32)(H4,27,33,34,35,36,37)/t12-,14-,15-,19-/m1/s1. The van der Waals surface area contributed by atoms with Gasteiger partial charge in [-0.1, -0.05) is 12.1 Å². The second-order valence-electron chi connectivity index (χ2n) is 9.27. The van der Waals surface area contributed by atoms with E-state index >= 15 is 0 Å². The van der Waals surface area contributed by atoms with Crippen LogP contribution in [0.3, 0.4) is 0 Å². The first-order valence-corrected chi connectivity index (χ1v) is 17.3. The molecule has 248 valence electrons. The van der Waals surface area contributed by atoms with Crippen molar-refractivity contribution in [1.82, 2.24) is 29.7 Å². The van der Waals surface area contributed by atoms with Crippen LogP contribution in [0.1, 0.15) is 16.6 Å². The number of para-hydroxylation sites is 1. The molecule has 0 spiro atoms. The second kappa shape index (κ2) is 13.7. The highest BCUT2D eigenvalue weighted by Crippen LogP contribution is 2.61. The first-order chi connectivity index (χ1) is 21.0. The number of phosphoric acid groups is 1. The summed E-state index contributed by atoms with van der Waals surface area (Å²) in [6.45, 7) is -0.753. The number of aliphatic hydroxyl groups excluding tert-OH is 2. The number of amides is 1. The molecule has 1 saturated heterocycles. The average Bonchev–Trinajstić information content (AvgIpc) is 3.48. The fraction of sp³-hybridized carbons (Fsp3) is 0.400. The summed E-state index contributed by atoms with van der Waals surface area (Å²) in [5, 5.41) is 29.5. The van der Waals surface area contributed by atoms with Crippen molar-refractivity contribution >= 4 is 52.0 Å². The Balaban J connectivity index is 1.40. The summed E-state index contributed by atoms with van der Waals surface area (Å²) in [6.07, 6.45) is -5.46. The van der Waals surface area contributed by atoms with Crippen molar-refractivity contribution < 1.29 is 61.8 Å². The molecule has 3 heterocycles. The molecule has 45 heavy (non-hydrogen) atoms. The quantitative estimate of drug-likeness (QED) is 0.0676. The number of hydrogen-bond donors (Lipinski definition) is 11. The molecule has 0 radical (unpaired) electrons. The number of hydrogen-bond acceptors (Lipinski definition) is 14. The number of nitrogens with zero attached hydrogens (tertiary/aromatic N) is 3. The zero-order valence-electron chi connectivity index (χ0n) is 23.0. The topological polar surface area (TPSA) is 329 Å². The molecule has 3 aromatic rings. The number of aromatic amines is 1. The third kappa shape index (κ3) is 8.81. The van der Waals surface area contributed by atoms with Gasteiger partial charge in [-0.15, -0.1) is 4.86 Å². The predicted molar refractivity (Wildman–Crippen MR) is 153 cm³/mol. The van der Waals surface area contributed by atoms with Gasteiger partial charge in [0.15, 0.2) is 17.4 Å². The van der Waals surface area contributed by atoms with Crippen LogP contribution < -0.4 is 26.4 Å². The van der Waals surface area contributed by atoms with E-state index in [0.29, 0.717) is 11.3 Å². The Bertz CT molecular complexity index is 1750. The molecule has 0 aliphatic carbocycles. The smallest absolute Gasteiger partial charge is 0.387 e. The third-order valence-electron chi connectivity index (χ3n) is 6.06. The van der Waals surface area contributed by atoms with Crippen LogP contribution in [-0.2, 0) is 27.3 Å². The van der Waals surface area contributed by atoms with Crippen LogP contribution in [0.15, 0.2) is 35.4 Å². The van der Waals surface area contributed by atoms with Crippen molar-refractivity contribution in [2.24, 2.45) is 0 Å². The van der Waals surface area contributed by atoms with Crippen LogP contribution in [-0.4, -0.2) is 100 Å². The number of rotatable bonds is 14. The number of phosphoric ester groups is 1. The van der Waals surface area contributed by atoms with Gasteiger partial charge in [-0.2, -0.15) is 9.29 Å². The molecule has 22 nitrogen and oxygen atoms in total. The maximum atomic E-state index is 12.6. The molecule has 1 aliphatic heterocycles. The van der Waals surface area contributed by atoms with Crippen LogP contribution in [0.25, 0.3) is 11.2 Å². The number of H-pyrrole nitrogens is 1. The van der Waals surface area contributed by atoms with Crippen molar-refractivity contribution in [3.05, 3.63) is 46.5 Å². The minimum Gasteiger partial charge on any atom is -0.387 e. The van der Waals surface area contributed by atoms with Crippen molar-refractivity contribution in [2.75, 3.05) is 37.4 Å². The van der Waals surface area contributed by atoms with Gasteiger partial charge >= 0.3 is 23.3 Å². The number of nitrogens with one attached hydrogen (secondary N) is 5. The molecule has 1 fully saturated rings. The number of anilines is 2. The van der Waals surface area contributed by atoms with Gasteiger partial charge in [0.1, 0.15) is 18.3 Å². The van der Waals surface area contributed by atoms with Gasteiger partial charge in [-0.3, -0.25) is 23.7 Å².